The molecule has 2 rings (SSSR count). The molecular formula is C14H23N3OS2. The number of hydrogen-bond donors (Lipinski definition) is 1. The standard InChI is InChI=1S/C14H23N3OS2/c1-3-19-11-5-4-10(8-11)17(2)14(18)12-9-20-13(16-12)6-7-15/h9-11H,3-8,15H2,1-2H3. The summed E-state index contributed by atoms with van der Waals surface area (Å²) in [6, 6.07) is 0.367. The van der Waals surface area contributed by atoms with Crippen molar-refractivity contribution < 1.29 is 4.79 Å². The van der Waals surface area contributed by atoms with E-state index in [-0.39, 0.29) is 5.91 Å². The summed E-state index contributed by atoms with van der Waals surface area (Å²) in [5, 5.41) is 3.52. The summed E-state index contributed by atoms with van der Waals surface area (Å²) in [7, 11) is 1.91. The molecule has 1 aliphatic carbocycles. The van der Waals surface area contributed by atoms with E-state index in [2.05, 4.69) is 11.9 Å². The molecule has 0 bridgehead atoms. The lowest BCUT2D eigenvalue weighted by molar-refractivity contribution is 0.0730. The van der Waals surface area contributed by atoms with E-state index in [4.69, 9.17) is 5.73 Å². The molecule has 0 spiro atoms. The number of thioether (sulfide) groups is 1. The van der Waals surface area contributed by atoms with Crippen LogP contribution < -0.4 is 5.73 Å². The first-order chi connectivity index (χ1) is 9.65. The van der Waals surface area contributed by atoms with Gasteiger partial charge in [-0.05, 0) is 31.6 Å². The van der Waals surface area contributed by atoms with Gasteiger partial charge in [0.1, 0.15) is 5.69 Å². The Kier molecular flexibility index (Phi) is 5.86. The molecule has 1 fully saturated rings. The number of nitrogens with zero attached hydrogens (tertiary/aromatic N) is 2. The Hall–Kier alpha value is -0.590. The second kappa shape index (κ2) is 7.43. The maximum absolute atomic E-state index is 12.4. The number of thiazole rings is 1. The first kappa shape index (κ1) is 15.8. The fourth-order valence-electron chi connectivity index (χ4n) is 2.65. The highest BCUT2D eigenvalue weighted by atomic mass is 32.2. The predicted molar refractivity (Wildman–Crippen MR) is 86.5 cm³/mol. The van der Waals surface area contributed by atoms with Gasteiger partial charge in [0.25, 0.3) is 5.91 Å². The third-order valence-corrected chi connectivity index (χ3v) is 5.90. The molecule has 20 heavy (non-hydrogen) atoms. The summed E-state index contributed by atoms with van der Waals surface area (Å²) in [5.74, 6) is 1.21. The molecule has 1 aliphatic rings. The SMILES string of the molecule is CCSC1CCC(N(C)C(=O)c2csc(CCN)n2)C1. The van der Waals surface area contributed by atoms with Crippen molar-refractivity contribution in [3.63, 3.8) is 0 Å². The van der Waals surface area contributed by atoms with Crippen LogP contribution in [-0.4, -0.2) is 46.4 Å². The zero-order valence-corrected chi connectivity index (χ0v) is 13.8. The number of carbonyl (C=O) groups is 1. The van der Waals surface area contributed by atoms with Crippen LogP contribution in [0.5, 0.6) is 0 Å². The highest BCUT2D eigenvalue weighted by Gasteiger charge is 2.30. The molecule has 0 aromatic carbocycles. The number of amides is 1. The Labute approximate surface area is 129 Å². The van der Waals surface area contributed by atoms with Crippen LogP contribution in [0, 0.1) is 0 Å². The fourth-order valence-corrected chi connectivity index (χ4v) is 4.57. The van der Waals surface area contributed by atoms with Crippen LogP contribution >= 0.6 is 23.1 Å². The first-order valence-corrected chi connectivity index (χ1v) is 9.11. The molecule has 1 aromatic heterocycles. The van der Waals surface area contributed by atoms with E-state index < -0.39 is 0 Å². The summed E-state index contributed by atoms with van der Waals surface area (Å²) in [4.78, 5) is 18.7. The topological polar surface area (TPSA) is 59.2 Å². The lowest BCUT2D eigenvalue weighted by Gasteiger charge is -2.23. The monoisotopic (exact) mass is 313 g/mol. The van der Waals surface area contributed by atoms with E-state index >= 15 is 0 Å². The van der Waals surface area contributed by atoms with Gasteiger partial charge in [-0.2, -0.15) is 11.8 Å². The second-order valence-electron chi connectivity index (χ2n) is 5.13. The van der Waals surface area contributed by atoms with Crippen molar-refractivity contribution >= 4 is 29.0 Å². The average molecular weight is 313 g/mol. The van der Waals surface area contributed by atoms with Crippen LogP contribution in [-0.2, 0) is 6.42 Å². The van der Waals surface area contributed by atoms with Crippen molar-refractivity contribution in [3.05, 3.63) is 16.1 Å². The number of carbonyl (C=O) groups excluding carboxylic acids is 1. The Morgan fingerprint density at radius 2 is 2.40 bits per heavy atom. The van der Waals surface area contributed by atoms with Gasteiger partial charge in [0.05, 0.1) is 5.01 Å². The van der Waals surface area contributed by atoms with Gasteiger partial charge in [0.15, 0.2) is 0 Å². The van der Waals surface area contributed by atoms with Crippen LogP contribution in [0.25, 0.3) is 0 Å². The van der Waals surface area contributed by atoms with Gasteiger partial charge in [-0.15, -0.1) is 11.3 Å². The minimum absolute atomic E-state index is 0.0525. The normalized spacial score (nSPS) is 22.1. The molecule has 112 valence electrons. The minimum Gasteiger partial charge on any atom is -0.337 e. The van der Waals surface area contributed by atoms with Crippen molar-refractivity contribution in [2.45, 2.75) is 43.9 Å². The molecule has 0 radical (unpaired) electrons. The predicted octanol–water partition coefficient (Wildman–Crippen LogP) is 2.39. The zero-order valence-electron chi connectivity index (χ0n) is 12.2. The van der Waals surface area contributed by atoms with Gasteiger partial charge in [-0.25, -0.2) is 4.98 Å². The quantitative estimate of drug-likeness (QED) is 0.876. The Morgan fingerprint density at radius 3 is 3.10 bits per heavy atom. The van der Waals surface area contributed by atoms with Gasteiger partial charge in [0, 0.05) is 30.1 Å². The van der Waals surface area contributed by atoms with Crippen LogP contribution in [0.2, 0.25) is 0 Å². The number of hydrogen-bond acceptors (Lipinski definition) is 5. The number of rotatable bonds is 6. The first-order valence-electron chi connectivity index (χ1n) is 7.19. The van der Waals surface area contributed by atoms with Crippen molar-refractivity contribution in [2.75, 3.05) is 19.3 Å². The molecule has 0 aliphatic heterocycles. The minimum atomic E-state index is 0.0525. The Morgan fingerprint density at radius 1 is 1.60 bits per heavy atom. The molecule has 1 aromatic rings. The van der Waals surface area contributed by atoms with E-state index in [0.717, 1.165) is 30.0 Å². The Bertz CT molecular complexity index is 449. The smallest absolute Gasteiger partial charge is 0.273 e. The molecule has 2 N–H and O–H groups in total. The Balaban J connectivity index is 1.94. The van der Waals surface area contributed by atoms with E-state index in [1.54, 1.807) is 0 Å². The van der Waals surface area contributed by atoms with E-state index in [0.29, 0.717) is 23.5 Å². The third kappa shape index (κ3) is 3.74. The summed E-state index contributed by atoms with van der Waals surface area (Å²) >= 11 is 3.54. The highest BCUT2D eigenvalue weighted by Crippen LogP contribution is 2.32. The molecule has 1 amide bonds. The summed E-state index contributed by atoms with van der Waals surface area (Å²) in [6.07, 6.45) is 4.19. The van der Waals surface area contributed by atoms with E-state index in [1.165, 1.54) is 17.8 Å². The third-order valence-electron chi connectivity index (χ3n) is 3.76. The zero-order chi connectivity index (χ0) is 14.5. The average Bonchev–Trinajstić information content (AvgIpc) is 3.07. The lowest BCUT2D eigenvalue weighted by Crippen LogP contribution is -2.35. The molecule has 2 atom stereocenters. The van der Waals surface area contributed by atoms with Crippen molar-refractivity contribution in [2.24, 2.45) is 5.73 Å². The maximum Gasteiger partial charge on any atom is 0.273 e. The number of nitrogens with two attached hydrogens (primary N) is 1. The summed E-state index contributed by atoms with van der Waals surface area (Å²) in [5.41, 5.74) is 6.09. The number of aromatic nitrogens is 1. The van der Waals surface area contributed by atoms with Crippen LogP contribution in [0.3, 0.4) is 0 Å². The van der Waals surface area contributed by atoms with Gasteiger partial charge in [-0.3, -0.25) is 4.79 Å². The van der Waals surface area contributed by atoms with Gasteiger partial charge < -0.3 is 10.6 Å². The van der Waals surface area contributed by atoms with E-state index in [9.17, 15) is 4.79 Å². The largest absolute Gasteiger partial charge is 0.337 e. The van der Waals surface area contributed by atoms with Gasteiger partial charge in [0.2, 0.25) is 0 Å². The maximum atomic E-state index is 12.4. The second-order valence-corrected chi connectivity index (χ2v) is 7.65. The molecule has 4 nitrogen and oxygen atoms in total. The molecule has 1 saturated carbocycles. The molecule has 0 saturated heterocycles. The van der Waals surface area contributed by atoms with Crippen LogP contribution in [0.15, 0.2) is 5.38 Å². The van der Waals surface area contributed by atoms with Crippen molar-refractivity contribution in [1.82, 2.24) is 9.88 Å². The van der Waals surface area contributed by atoms with Crippen molar-refractivity contribution in [3.8, 4) is 0 Å². The summed E-state index contributed by atoms with van der Waals surface area (Å²) in [6.45, 7) is 2.77. The highest BCUT2D eigenvalue weighted by molar-refractivity contribution is 7.99. The van der Waals surface area contributed by atoms with Gasteiger partial charge >= 0.3 is 0 Å². The summed E-state index contributed by atoms with van der Waals surface area (Å²) < 4.78 is 0. The molecule has 2 unspecified atom stereocenters. The fraction of sp³-hybridized carbons (Fsp3) is 0.714. The lowest BCUT2D eigenvalue weighted by atomic mass is 10.2. The van der Waals surface area contributed by atoms with Crippen LogP contribution in [0.1, 0.15) is 41.7 Å². The molecular weight excluding hydrogens is 290 g/mol. The van der Waals surface area contributed by atoms with Gasteiger partial charge in [-0.1, -0.05) is 6.92 Å². The molecule has 6 heteroatoms. The van der Waals surface area contributed by atoms with Crippen LogP contribution in [0.4, 0.5) is 0 Å². The van der Waals surface area contributed by atoms with Crippen molar-refractivity contribution in [1.29, 1.82) is 0 Å². The molecule has 1 heterocycles. The van der Waals surface area contributed by atoms with E-state index in [1.807, 2.05) is 29.1 Å².